The molecule has 2 heterocycles. The topological polar surface area (TPSA) is 173 Å². The van der Waals surface area contributed by atoms with Crippen LogP contribution >= 0.6 is 7.44 Å². The zero-order valence-electron chi connectivity index (χ0n) is 22.0. The van der Waals surface area contributed by atoms with Crippen LogP contribution in [0.4, 0.5) is 5.82 Å². The minimum Gasteiger partial charge on any atom is -0.463 e. The maximum atomic E-state index is 13.8. The average molecular weight is 540 g/mol. The summed E-state index contributed by atoms with van der Waals surface area (Å²) >= 11 is 0. The van der Waals surface area contributed by atoms with Crippen molar-refractivity contribution in [3.8, 4) is 0 Å². The van der Waals surface area contributed by atoms with Crippen LogP contribution in [0.1, 0.15) is 53.9 Å². The number of carbonyl (C=O) groups excluding carboxylic acids is 2. The van der Waals surface area contributed by atoms with Crippen molar-refractivity contribution in [3.63, 3.8) is 0 Å². The molecule has 14 heteroatoms. The molecule has 3 rings (SSSR count). The third-order valence-electron chi connectivity index (χ3n) is 5.92. The summed E-state index contributed by atoms with van der Waals surface area (Å²) < 4.78 is 32.2. The summed E-state index contributed by atoms with van der Waals surface area (Å²) in [5.74, 6) is -1.17. The minimum atomic E-state index is -3.49. The molecule has 13 nitrogen and oxygen atoms in total. The van der Waals surface area contributed by atoms with Crippen LogP contribution < -0.4 is 15.9 Å². The summed E-state index contributed by atoms with van der Waals surface area (Å²) in [4.78, 5) is 37.1. The summed E-state index contributed by atoms with van der Waals surface area (Å²) in [5.41, 5.74) is 6.91. The number of imidazole rings is 1. The van der Waals surface area contributed by atoms with E-state index in [1.165, 1.54) is 6.33 Å². The van der Waals surface area contributed by atoms with E-state index in [1.807, 2.05) is 6.92 Å². The molecule has 1 fully saturated rings. The number of fused-ring (bicyclic) bond motifs is 1. The third-order valence-corrected chi connectivity index (χ3v) is 7.93. The van der Waals surface area contributed by atoms with Gasteiger partial charge in [-0.3, -0.25) is 19.2 Å². The Bertz CT molecular complexity index is 1120. The maximum absolute atomic E-state index is 13.8. The number of anilines is 1. The quantitative estimate of drug-likeness (QED) is 0.236. The number of esters is 2. The highest BCUT2D eigenvalue weighted by Crippen LogP contribution is 2.38. The van der Waals surface area contributed by atoms with Gasteiger partial charge in [-0.2, -0.15) is 0 Å². The van der Waals surface area contributed by atoms with E-state index in [-0.39, 0.29) is 30.9 Å². The molecular weight excluding hydrogens is 501 g/mol. The maximum Gasteiger partial charge on any atom is 0.323 e. The number of hydrogen-bond acceptors (Lipinski definition) is 10. The predicted octanol–water partition coefficient (Wildman–Crippen LogP) is 2.22. The zero-order chi connectivity index (χ0) is 27.2. The van der Waals surface area contributed by atoms with Crippen LogP contribution in [0.3, 0.4) is 0 Å². The number of nitrogens with two attached hydrogens (primary N) is 1. The Morgan fingerprint density at radius 3 is 2.54 bits per heavy atom. The molecule has 0 spiro atoms. The molecule has 1 aliphatic rings. The van der Waals surface area contributed by atoms with E-state index in [4.69, 9.17) is 19.9 Å². The molecule has 0 radical (unpaired) electrons. The Morgan fingerprint density at radius 1 is 1.16 bits per heavy atom. The van der Waals surface area contributed by atoms with Crippen molar-refractivity contribution < 1.29 is 28.4 Å². The largest absolute Gasteiger partial charge is 0.463 e. The van der Waals surface area contributed by atoms with Gasteiger partial charge in [0.25, 0.3) is 0 Å². The summed E-state index contributed by atoms with van der Waals surface area (Å²) in [6, 6.07) is -0.840. The number of rotatable bonds is 14. The van der Waals surface area contributed by atoms with Gasteiger partial charge in [0.05, 0.1) is 31.0 Å². The fourth-order valence-electron chi connectivity index (χ4n) is 3.56. The Labute approximate surface area is 216 Å². The average Bonchev–Trinajstić information content (AvgIpc) is 3.22. The second kappa shape index (κ2) is 12.8. The molecule has 0 aliphatic heterocycles. The Balaban J connectivity index is 1.63. The Kier molecular flexibility index (Phi) is 10.00. The summed E-state index contributed by atoms with van der Waals surface area (Å²) in [5, 5.41) is 5.79. The Morgan fingerprint density at radius 2 is 1.89 bits per heavy atom. The highest BCUT2D eigenvalue weighted by atomic mass is 31.2. The van der Waals surface area contributed by atoms with Crippen molar-refractivity contribution >= 4 is 36.4 Å². The standard InChI is InChI=1S/C23H38N7O6P/c1-14(2)35-22(31)15(3)9-28-37(33,29-17(5)23(32)36-18-7-6-8-18)13-34-16(4)10-30-12-27-19-20(24)25-11-26-21(19)30/h11-12,14-18H,6-10,13H2,1-5H3,(H2,24,25,26)(H2,28,29,33). The van der Waals surface area contributed by atoms with Crippen molar-refractivity contribution in [1.82, 2.24) is 29.7 Å². The molecule has 2 aromatic heterocycles. The fraction of sp³-hybridized carbons (Fsp3) is 0.696. The van der Waals surface area contributed by atoms with Crippen LogP contribution in [0.25, 0.3) is 11.2 Å². The number of ether oxygens (including phenoxy) is 3. The summed E-state index contributed by atoms with van der Waals surface area (Å²) in [7, 11) is -3.49. The fourth-order valence-corrected chi connectivity index (χ4v) is 5.58. The van der Waals surface area contributed by atoms with Gasteiger partial charge in [-0.05, 0) is 47.0 Å². The lowest BCUT2D eigenvalue weighted by Crippen LogP contribution is -2.41. The molecule has 1 saturated carbocycles. The first-order valence-electron chi connectivity index (χ1n) is 12.5. The predicted molar refractivity (Wildman–Crippen MR) is 137 cm³/mol. The lowest BCUT2D eigenvalue weighted by Gasteiger charge is -2.29. The molecular formula is C23H38N7O6P. The van der Waals surface area contributed by atoms with Crippen LogP contribution in [-0.4, -0.2) is 68.7 Å². The summed E-state index contributed by atoms with van der Waals surface area (Å²) in [6.07, 6.45) is 4.68. The van der Waals surface area contributed by atoms with Gasteiger partial charge >= 0.3 is 11.9 Å². The number of nitrogen functional groups attached to an aromatic ring is 1. The van der Waals surface area contributed by atoms with Crippen molar-refractivity contribution in [3.05, 3.63) is 12.7 Å². The number of nitrogens with zero attached hydrogens (tertiary/aromatic N) is 4. The first-order chi connectivity index (χ1) is 17.5. The lowest BCUT2D eigenvalue weighted by atomic mass is 9.96. The molecule has 4 unspecified atom stereocenters. The number of carbonyl (C=O) groups is 2. The number of nitrogens with one attached hydrogen (secondary N) is 2. The lowest BCUT2D eigenvalue weighted by molar-refractivity contribution is -0.154. The molecule has 0 saturated heterocycles. The van der Waals surface area contributed by atoms with Crippen molar-refractivity contribution in [2.75, 3.05) is 18.6 Å². The second-order valence-corrected chi connectivity index (χ2v) is 12.1. The van der Waals surface area contributed by atoms with Crippen LogP contribution in [0.5, 0.6) is 0 Å². The van der Waals surface area contributed by atoms with E-state index in [9.17, 15) is 14.2 Å². The van der Waals surface area contributed by atoms with Gasteiger partial charge in [-0.25, -0.2) is 20.0 Å². The zero-order valence-corrected chi connectivity index (χ0v) is 22.9. The Hall–Kier alpha value is -2.60. The van der Waals surface area contributed by atoms with Gasteiger partial charge in [0.1, 0.15) is 30.3 Å². The van der Waals surface area contributed by atoms with Crippen LogP contribution in [0.15, 0.2) is 12.7 Å². The first kappa shape index (κ1) is 29.0. The van der Waals surface area contributed by atoms with E-state index in [2.05, 4.69) is 25.1 Å². The van der Waals surface area contributed by atoms with Gasteiger partial charge < -0.3 is 24.5 Å². The molecule has 0 bridgehead atoms. The van der Waals surface area contributed by atoms with Gasteiger partial charge in [-0.1, -0.05) is 6.92 Å². The van der Waals surface area contributed by atoms with E-state index >= 15 is 0 Å². The van der Waals surface area contributed by atoms with Crippen molar-refractivity contribution in [1.29, 1.82) is 0 Å². The van der Waals surface area contributed by atoms with Crippen LogP contribution in [-0.2, 0) is 34.9 Å². The van der Waals surface area contributed by atoms with Crippen molar-refractivity contribution in [2.24, 2.45) is 5.92 Å². The smallest absolute Gasteiger partial charge is 0.323 e. The number of hydrogen-bond donors (Lipinski definition) is 3. The molecule has 2 aromatic rings. The molecule has 206 valence electrons. The molecule has 4 atom stereocenters. The van der Waals surface area contributed by atoms with Gasteiger partial charge in [-0.15, -0.1) is 0 Å². The monoisotopic (exact) mass is 539 g/mol. The normalized spacial score (nSPS) is 18.1. The van der Waals surface area contributed by atoms with Crippen LogP contribution in [0, 0.1) is 5.92 Å². The first-order valence-corrected chi connectivity index (χ1v) is 14.4. The van der Waals surface area contributed by atoms with E-state index in [0.29, 0.717) is 17.7 Å². The molecule has 1 aliphatic carbocycles. The summed E-state index contributed by atoms with van der Waals surface area (Å²) in [6.45, 7) is 9.05. The highest BCUT2D eigenvalue weighted by Gasteiger charge is 2.32. The van der Waals surface area contributed by atoms with E-state index in [0.717, 1.165) is 19.3 Å². The number of aromatic nitrogens is 4. The van der Waals surface area contributed by atoms with Gasteiger partial charge in [0, 0.05) is 6.54 Å². The van der Waals surface area contributed by atoms with Gasteiger partial charge in [0.15, 0.2) is 11.5 Å². The second-order valence-electron chi connectivity index (χ2n) is 9.76. The SMILES string of the molecule is CC(C)OC(=O)C(C)CNP(=O)(COC(C)Cn1cnc2c(N)ncnc21)NC(C)C(=O)OC1CCC1. The molecule has 37 heavy (non-hydrogen) atoms. The van der Waals surface area contributed by atoms with E-state index < -0.39 is 37.4 Å². The van der Waals surface area contributed by atoms with Crippen molar-refractivity contribution in [2.45, 2.75) is 84.8 Å². The van der Waals surface area contributed by atoms with Gasteiger partial charge in [0.2, 0.25) is 7.44 Å². The minimum absolute atomic E-state index is 0.0698. The molecule has 4 N–H and O–H groups in total. The molecule has 0 aromatic carbocycles. The highest BCUT2D eigenvalue weighted by molar-refractivity contribution is 7.59. The third kappa shape index (κ3) is 8.19. The van der Waals surface area contributed by atoms with Crippen LogP contribution in [0.2, 0.25) is 0 Å². The van der Waals surface area contributed by atoms with E-state index in [1.54, 1.807) is 38.6 Å². The molecule has 0 amide bonds.